The van der Waals surface area contributed by atoms with Crippen LogP contribution in [0.1, 0.15) is 22.3 Å². The van der Waals surface area contributed by atoms with E-state index in [1.165, 1.54) is 12.1 Å². The van der Waals surface area contributed by atoms with E-state index in [-0.39, 0.29) is 0 Å². The molecule has 0 atom stereocenters. The van der Waals surface area contributed by atoms with Crippen LogP contribution in [0.2, 0.25) is 0 Å². The maximum atomic E-state index is 13.1. The molecule has 0 amide bonds. The maximum Gasteiger partial charge on any atom is 0.416 e. The number of halogens is 3. The Hall–Kier alpha value is -3.91. The third-order valence-corrected chi connectivity index (χ3v) is 7.05. The topological polar surface area (TPSA) is 34.1 Å². The summed E-state index contributed by atoms with van der Waals surface area (Å²) in [6.07, 6.45) is -4.40. The largest absolute Gasteiger partial charge is 0.497 e. The molecule has 202 valence electrons. The van der Waals surface area contributed by atoms with E-state index < -0.39 is 11.7 Å². The van der Waals surface area contributed by atoms with Crippen molar-refractivity contribution in [2.24, 2.45) is 4.99 Å². The number of hydrogen-bond donors (Lipinski definition) is 0. The van der Waals surface area contributed by atoms with Gasteiger partial charge >= 0.3 is 6.18 Å². The van der Waals surface area contributed by atoms with Gasteiger partial charge in [-0.2, -0.15) is 13.2 Å². The van der Waals surface area contributed by atoms with E-state index in [1.807, 2.05) is 78.9 Å². The van der Waals surface area contributed by atoms with Gasteiger partial charge in [-0.05, 0) is 65.2 Å². The molecular weight excluding hydrogens is 521 g/mol. The number of benzene rings is 4. The van der Waals surface area contributed by atoms with E-state index in [1.54, 1.807) is 26.0 Å². The van der Waals surface area contributed by atoms with Gasteiger partial charge < -0.3 is 14.4 Å². The molecule has 39 heavy (non-hydrogen) atoms. The van der Waals surface area contributed by atoms with Crippen LogP contribution in [0.4, 0.5) is 18.9 Å². The van der Waals surface area contributed by atoms with Crippen LogP contribution in [0.3, 0.4) is 0 Å². The summed E-state index contributed by atoms with van der Waals surface area (Å²) in [4.78, 5) is 6.98. The molecule has 4 rings (SSSR count). The first-order valence-electron chi connectivity index (χ1n) is 12.3. The second-order valence-electron chi connectivity index (χ2n) is 8.77. The number of amidine groups is 1. The predicted octanol–water partition coefficient (Wildman–Crippen LogP) is 8.35. The van der Waals surface area contributed by atoms with Crippen molar-refractivity contribution in [3.63, 3.8) is 0 Å². The average Bonchev–Trinajstić information content (AvgIpc) is 2.96. The van der Waals surface area contributed by atoms with E-state index in [9.17, 15) is 13.2 Å². The minimum atomic E-state index is -4.40. The van der Waals surface area contributed by atoms with Crippen molar-refractivity contribution in [2.75, 3.05) is 14.2 Å². The zero-order chi connectivity index (χ0) is 27.7. The molecule has 0 aliphatic rings. The van der Waals surface area contributed by atoms with Crippen LogP contribution in [-0.2, 0) is 25.0 Å². The van der Waals surface area contributed by atoms with E-state index in [4.69, 9.17) is 14.5 Å². The predicted molar refractivity (Wildman–Crippen MR) is 152 cm³/mol. The van der Waals surface area contributed by atoms with Crippen molar-refractivity contribution in [1.82, 2.24) is 4.90 Å². The molecule has 4 aromatic carbocycles. The minimum absolute atomic E-state index is 0.452. The van der Waals surface area contributed by atoms with E-state index >= 15 is 0 Å². The Labute approximate surface area is 231 Å². The highest BCUT2D eigenvalue weighted by Gasteiger charge is 2.30. The Morgan fingerprint density at radius 3 is 1.67 bits per heavy atom. The Morgan fingerprint density at radius 1 is 0.692 bits per heavy atom. The van der Waals surface area contributed by atoms with Crippen LogP contribution in [0.25, 0.3) is 0 Å². The number of aliphatic imine (C=N–C) groups is 1. The lowest BCUT2D eigenvalue weighted by atomic mass is 10.1. The molecule has 4 nitrogen and oxygen atoms in total. The summed E-state index contributed by atoms with van der Waals surface area (Å²) in [5.74, 6) is 2.18. The molecule has 0 unspecified atom stereocenters. The smallest absolute Gasteiger partial charge is 0.416 e. The number of methoxy groups -OCH3 is 2. The zero-order valence-electron chi connectivity index (χ0n) is 21.7. The van der Waals surface area contributed by atoms with Gasteiger partial charge in [0, 0.05) is 18.8 Å². The summed E-state index contributed by atoms with van der Waals surface area (Å²) in [7, 11) is 3.25. The van der Waals surface area contributed by atoms with Crippen LogP contribution in [0.15, 0.2) is 108 Å². The van der Waals surface area contributed by atoms with Crippen LogP contribution in [-0.4, -0.2) is 24.3 Å². The molecule has 0 aromatic heterocycles. The second kappa shape index (κ2) is 13.2. The normalized spacial score (nSPS) is 11.8. The van der Waals surface area contributed by atoms with Crippen molar-refractivity contribution < 1.29 is 22.6 Å². The summed E-state index contributed by atoms with van der Waals surface area (Å²) >= 11 is 1.55. The average molecular weight is 551 g/mol. The summed E-state index contributed by atoms with van der Waals surface area (Å²) in [5, 5.41) is 0.699. The molecule has 8 heteroatoms. The number of rotatable bonds is 9. The highest BCUT2D eigenvalue weighted by molar-refractivity contribution is 8.13. The lowest BCUT2D eigenvalue weighted by Gasteiger charge is -2.26. The Bertz CT molecular complexity index is 1290. The van der Waals surface area contributed by atoms with Crippen molar-refractivity contribution >= 4 is 22.6 Å². The van der Waals surface area contributed by atoms with Crippen molar-refractivity contribution in [1.29, 1.82) is 0 Å². The van der Waals surface area contributed by atoms with Gasteiger partial charge in [-0.25, -0.2) is 4.99 Å². The molecule has 0 fully saturated rings. The van der Waals surface area contributed by atoms with Gasteiger partial charge in [0.15, 0.2) is 5.17 Å². The first kappa shape index (κ1) is 28.1. The number of thioether (sulfide) groups is 1. The van der Waals surface area contributed by atoms with Gasteiger partial charge in [-0.1, -0.05) is 66.4 Å². The van der Waals surface area contributed by atoms with Crippen LogP contribution in [0.5, 0.6) is 11.5 Å². The summed E-state index contributed by atoms with van der Waals surface area (Å²) in [5.41, 5.74) is 2.97. The highest BCUT2D eigenvalue weighted by Crippen LogP contribution is 2.31. The van der Waals surface area contributed by atoms with E-state index in [0.29, 0.717) is 29.7 Å². The van der Waals surface area contributed by atoms with Crippen LogP contribution in [0, 0.1) is 0 Å². The molecule has 0 saturated heterocycles. The van der Waals surface area contributed by atoms with Gasteiger partial charge in [0.05, 0.1) is 25.5 Å². The minimum Gasteiger partial charge on any atom is -0.497 e. The lowest BCUT2D eigenvalue weighted by molar-refractivity contribution is -0.137. The maximum absolute atomic E-state index is 13.1. The molecule has 0 heterocycles. The summed E-state index contributed by atoms with van der Waals surface area (Å²) in [6, 6.07) is 30.6. The fourth-order valence-electron chi connectivity index (χ4n) is 3.85. The van der Waals surface area contributed by atoms with Crippen molar-refractivity contribution in [2.45, 2.75) is 25.0 Å². The molecule has 0 aliphatic heterocycles. The summed E-state index contributed by atoms with van der Waals surface area (Å²) < 4.78 is 50.0. The zero-order valence-corrected chi connectivity index (χ0v) is 22.5. The molecule has 0 aliphatic carbocycles. The Balaban J connectivity index is 1.70. The van der Waals surface area contributed by atoms with Crippen molar-refractivity contribution in [3.8, 4) is 11.5 Å². The molecular formula is C31H29F3N2O2S. The van der Waals surface area contributed by atoms with Gasteiger partial charge in [0.1, 0.15) is 11.5 Å². The third-order valence-electron chi connectivity index (χ3n) is 5.97. The first-order chi connectivity index (χ1) is 18.8. The first-order valence-corrected chi connectivity index (χ1v) is 13.3. The molecule has 0 spiro atoms. The second-order valence-corrected chi connectivity index (χ2v) is 9.71. The molecule has 0 saturated carbocycles. The molecule has 0 radical (unpaired) electrons. The number of hydrogen-bond acceptors (Lipinski definition) is 4. The Kier molecular flexibility index (Phi) is 9.54. The number of nitrogens with zero attached hydrogens (tertiary/aromatic N) is 2. The summed E-state index contributed by atoms with van der Waals surface area (Å²) in [6.45, 7) is 1.08. The van der Waals surface area contributed by atoms with Crippen LogP contribution < -0.4 is 9.47 Å². The molecule has 0 bridgehead atoms. The number of alkyl halides is 3. The SMILES string of the molecule is COc1ccc(CN(Cc2ccc(OC)cc2)C(=Nc2ccc(C(F)(F)F)cc2)SCc2ccccc2)cc1. The van der Waals surface area contributed by atoms with Gasteiger partial charge in [0.2, 0.25) is 0 Å². The fourth-order valence-corrected chi connectivity index (χ4v) is 4.82. The van der Waals surface area contributed by atoms with Crippen LogP contribution >= 0.6 is 11.8 Å². The standard InChI is InChI=1S/C31H29F3N2O2S/c1-37-28-16-8-23(9-17-28)20-36(21-24-10-18-29(38-2)19-11-24)30(39-22-25-6-4-3-5-7-25)35-27-14-12-26(13-15-27)31(32,33)34/h3-19H,20-22H2,1-2H3. The quantitative estimate of drug-likeness (QED) is 0.155. The van der Waals surface area contributed by atoms with Gasteiger partial charge in [0.25, 0.3) is 0 Å². The number of ether oxygens (including phenoxy) is 2. The Morgan fingerprint density at radius 2 is 1.21 bits per heavy atom. The fraction of sp³-hybridized carbons (Fsp3) is 0.194. The highest BCUT2D eigenvalue weighted by atomic mass is 32.2. The molecule has 4 aromatic rings. The van der Waals surface area contributed by atoms with Gasteiger partial charge in [-0.15, -0.1) is 0 Å². The van der Waals surface area contributed by atoms with E-state index in [2.05, 4.69) is 4.90 Å². The van der Waals surface area contributed by atoms with Gasteiger partial charge in [-0.3, -0.25) is 0 Å². The van der Waals surface area contributed by atoms with Crippen molar-refractivity contribution in [3.05, 3.63) is 125 Å². The third kappa shape index (κ3) is 8.29. The lowest BCUT2D eigenvalue weighted by Crippen LogP contribution is -2.28. The monoisotopic (exact) mass is 550 g/mol. The van der Waals surface area contributed by atoms with E-state index in [0.717, 1.165) is 40.3 Å². The molecule has 0 N–H and O–H groups in total.